The summed E-state index contributed by atoms with van der Waals surface area (Å²) < 4.78 is 0. The predicted molar refractivity (Wildman–Crippen MR) is 206 cm³/mol. The van der Waals surface area contributed by atoms with E-state index in [1.807, 2.05) is 13.8 Å². The highest BCUT2D eigenvalue weighted by Gasteiger charge is 2.30. The number of benzene rings is 3. The van der Waals surface area contributed by atoms with E-state index in [4.69, 9.17) is 0 Å². The van der Waals surface area contributed by atoms with E-state index in [0.29, 0.717) is 5.41 Å². The number of hydrogen-bond donors (Lipinski definition) is 0. The summed E-state index contributed by atoms with van der Waals surface area (Å²) in [6, 6.07) is 29.1. The number of rotatable bonds is 8. The zero-order valence-electron chi connectivity index (χ0n) is 31.8. The van der Waals surface area contributed by atoms with E-state index in [2.05, 4.69) is 181 Å². The van der Waals surface area contributed by atoms with E-state index < -0.39 is 0 Å². The van der Waals surface area contributed by atoms with Gasteiger partial charge in [-0.05, 0) is 93.4 Å². The first-order valence-corrected chi connectivity index (χ1v) is 16.8. The third-order valence-corrected chi connectivity index (χ3v) is 6.75. The van der Waals surface area contributed by atoms with Gasteiger partial charge in [0.25, 0.3) is 0 Å². The molecule has 0 aliphatic rings. The highest BCUT2D eigenvalue weighted by Crippen LogP contribution is 2.37. The summed E-state index contributed by atoms with van der Waals surface area (Å²) >= 11 is 0. The van der Waals surface area contributed by atoms with Gasteiger partial charge in [0.05, 0.1) is 0 Å². The summed E-state index contributed by atoms with van der Waals surface area (Å²) in [5.74, 6) is 0. The number of aryl methyl sites for hydroxylation is 1. The van der Waals surface area contributed by atoms with Gasteiger partial charge in [-0.3, -0.25) is 0 Å². The molecule has 0 amide bonds. The monoisotopic (exact) mass is 609 g/mol. The van der Waals surface area contributed by atoms with Crippen LogP contribution in [0.1, 0.15) is 131 Å². The van der Waals surface area contributed by atoms with Crippen LogP contribution in [0.5, 0.6) is 0 Å². The second-order valence-electron chi connectivity index (χ2n) is 15.9. The SMILES string of the molecule is C=C(C)C.C=C(C)C/C(=C\C)CC.CC(C)(C)C.Cc1cccc(C(C)(Cc2ccccc2)c2cccc(CC(C)(C)C)c2)c1. The Bertz CT molecular complexity index is 1290. The smallest absolute Gasteiger partial charge is 0.0215 e. The Morgan fingerprint density at radius 1 is 0.667 bits per heavy atom. The zero-order valence-corrected chi connectivity index (χ0v) is 31.8. The van der Waals surface area contributed by atoms with Gasteiger partial charge in [0.2, 0.25) is 0 Å². The van der Waals surface area contributed by atoms with Crippen molar-refractivity contribution in [2.45, 2.75) is 128 Å². The van der Waals surface area contributed by atoms with Gasteiger partial charge >= 0.3 is 0 Å². The highest BCUT2D eigenvalue weighted by molar-refractivity contribution is 5.43. The molecule has 3 aromatic carbocycles. The molecule has 1 unspecified atom stereocenters. The molecule has 0 heterocycles. The first kappa shape index (κ1) is 41.9. The van der Waals surface area contributed by atoms with Crippen molar-refractivity contribution < 1.29 is 0 Å². The van der Waals surface area contributed by atoms with E-state index in [0.717, 1.165) is 25.7 Å². The Balaban J connectivity index is 0.000000883. The van der Waals surface area contributed by atoms with Crippen LogP contribution < -0.4 is 0 Å². The summed E-state index contributed by atoms with van der Waals surface area (Å²) in [6.45, 7) is 37.9. The van der Waals surface area contributed by atoms with Crippen molar-refractivity contribution in [2.24, 2.45) is 10.8 Å². The highest BCUT2D eigenvalue weighted by atomic mass is 14.3. The molecule has 1 atom stereocenters. The van der Waals surface area contributed by atoms with Crippen molar-refractivity contribution in [3.63, 3.8) is 0 Å². The van der Waals surface area contributed by atoms with E-state index in [9.17, 15) is 0 Å². The lowest BCUT2D eigenvalue weighted by molar-refractivity contribution is 0.410. The second kappa shape index (κ2) is 20.1. The average molecular weight is 609 g/mol. The standard InChI is InChI=1S/C27H32.C9H16.C5H12.C4H8/c1-21-11-9-15-24(17-21)27(5,20-22-12-7-6-8-13-22)25-16-10-14-23(18-25)19-26(2,3)4;1-5-9(6-2)7-8(3)4;1-5(2,3)4;1-4(2)3/h6-18H,19-20H2,1-5H3;5H,3,6-7H2,1-2,4H3;1-4H3;1H2,2-3H3/b;9-5-;;. The normalized spacial score (nSPS) is 12.6. The maximum Gasteiger partial charge on any atom is 0.0215 e. The van der Waals surface area contributed by atoms with Crippen LogP contribution in [0.3, 0.4) is 0 Å². The van der Waals surface area contributed by atoms with Crippen LogP contribution in [0.15, 0.2) is 115 Å². The van der Waals surface area contributed by atoms with E-state index in [1.165, 1.54) is 44.5 Å². The first-order chi connectivity index (χ1) is 20.7. The molecule has 0 nitrogen and oxygen atoms in total. The minimum Gasteiger partial charge on any atom is -0.100 e. The van der Waals surface area contributed by atoms with Crippen LogP contribution in [-0.2, 0) is 18.3 Å². The first-order valence-electron chi connectivity index (χ1n) is 16.8. The van der Waals surface area contributed by atoms with Gasteiger partial charge in [-0.2, -0.15) is 0 Å². The third kappa shape index (κ3) is 20.5. The molecule has 0 saturated heterocycles. The fraction of sp³-hybridized carbons (Fsp3) is 0.467. The maximum absolute atomic E-state index is 3.85. The lowest BCUT2D eigenvalue weighted by Gasteiger charge is -2.32. The van der Waals surface area contributed by atoms with Crippen LogP contribution in [-0.4, -0.2) is 0 Å². The molecule has 0 aliphatic carbocycles. The Kier molecular flexibility index (Phi) is 18.7. The summed E-state index contributed by atoms with van der Waals surface area (Å²) in [5.41, 5.74) is 11.6. The number of hydrogen-bond acceptors (Lipinski definition) is 0. The lowest BCUT2D eigenvalue weighted by Crippen LogP contribution is -2.27. The molecule has 0 spiro atoms. The predicted octanol–water partition coefficient (Wildman–Crippen LogP) is 14.1. The van der Waals surface area contributed by atoms with E-state index in [-0.39, 0.29) is 10.8 Å². The fourth-order valence-corrected chi connectivity index (χ4v) is 4.82. The Hall–Kier alpha value is -3.12. The second-order valence-corrected chi connectivity index (χ2v) is 15.9. The summed E-state index contributed by atoms with van der Waals surface area (Å²) in [6.07, 6.45) is 6.50. The largest absolute Gasteiger partial charge is 0.100 e. The fourth-order valence-electron chi connectivity index (χ4n) is 4.82. The molecule has 0 heteroatoms. The molecular weight excluding hydrogens is 540 g/mol. The van der Waals surface area contributed by atoms with Gasteiger partial charge in [-0.1, -0.05) is 176 Å². The van der Waals surface area contributed by atoms with Gasteiger partial charge in [0.1, 0.15) is 0 Å². The molecule has 3 rings (SSSR count). The van der Waals surface area contributed by atoms with Crippen LogP contribution in [0, 0.1) is 17.8 Å². The molecule has 3 aromatic rings. The topological polar surface area (TPSA) is 0 Å². The summed E-state index contributed by atoms with van der Waals surface area (Å²) in [5, 5.41) is 0. The Labute approximate surface area is 280 Å². The molecule has 0 aromatic heterocycles. The third-order valence-electron chi connectivity index (χ3n) is 6.75. The van der Waals surface area contributed by atoms with E-state index >= 15 is 0 Å². The van der Waals surface area contributed by atoms with Gasteiger partial charge < -0.3 is 0 Å². The van der Waals surface area contributed by atoms with Gasteiger partial charge in [-0.15, -0.1) is 6.58 Å². The molecule has 0 bridgehead atoms. The van der Waals surface area contributed by atoms with Gasteiger partial charge in [0.15, 0.2) is 0 Å². The lowest BCUT2D eigenvalue weighted by atomic mass is 9.71. The molecular formula is C45H68. The Morgan fingerprint density at radius 2 is 1.13 bits per heavy atom. The quantitative estimate of drug-likeness (QED) is 0.223. The minimum absolute atomic E-state index is 0.0543. The summed E-state index contributed by atoms with van der Waals surface area (Å²) in [4.78, 5) is 0. The average Bonchev–Trinajstić information content (AvgIpc) is 2.90. The van der Waals surface area contributed by atoms with Crippen molar-refractivity contribution in [2.75, 3.05) is 0 Å². The molecule has 0 fully saturated rings. The van der Waals surface area contributed by atoms with Crippen LogP contribution in [0.4, 0.5) is 0 Å². The molecule has 0 N–H and O–H groups in total. The van der Waals surface area contributed by atoms with Crippen molar-refractivity contribution in [3.05, 3.63) is 143 Å². The molecule has 0 saturated carbocycles. The van der Waals surface area contributed by atoms with Crippen molar-refractivity contribution in [1.29, 1.82) is 0 Å². The van der Waals surface area contributed by atoms with Crippen molar-refractivity contribution in [1.82, 2.24) is 0 Å². The molecule has 248 valence electrons. The molecule has 45 heavy (non-hydrogen) atoms. The van der Waals surface area contributed by atoms with Crippen LogP contribution >= 0.6 is 0 Å². The minimum atomic E-state index is -0.0543. The summed E-state index contributed by atoms with van der Waals surface area (Å²) in [7, 11) is 0. The van der Waals surface area contributed by atoms with E-state index in [1.54, 1.807) is 0 Å². The van der Waals surface area contributed by atoms with Gasteiger partial charge in [0, 0.05) is 5.41 Å². The van der Waals surface area contributed by atoms with Crippen molar-refractivity contribution in [3.8, 4) is 0 Å². The van der Waals surface area contributed by atoms with Crippen LogP contribution in [0.2, 0.25) is 0 Å². The molecule has 0 radical (unpaired) electrons. The maximum atomic E-state index is 3.85. The van der Waals surface area contributed by atoms with Gasteiger partial charge in [-0.25, -0.2) is 0 Å². The number of allylic oxidation sites excluding steroid dienone is 4. The Morgan fingerprint density at radius 3 is 1.53 bits per heavy atom. The van der Waals surface area contributed by atoms with Crippen LogP contribution in [0.25, 0.3) is 0 Å². The zero-order chi connectivity index (χ0) is 34.8. The molecule has 0 aliphatic heterocycles. The van der Waals surface area contributed by atoms with Crippen molar-refractivity contribution >= 4 is 0 Å².